The molecule has 10 aromatic rings. The van der Waals surface area contributed by atoms with Gasteiger partial charge in [0.1, 0.15) is 0 Å². The largest absolute Gasteiger partial charge is 0.309 e. The van der Waals surface area contributed by atoms with Crippen LogP contribution in [0.3, 0.4) is 0 Å². The molecule has 0 saturated carbocycles. The number of hydrogen-bond acceptors (Lipinski definition) is 0. The number of benzene rings is 7. The third-order valence-electron chi connectivity index (χ3n) is 11.3. The van der Waals surface area contributed by atoms with Crippen LogP contribution in [0, 0.1) is 0 Å². The fourth-order valence-corrected chi connectivity index (χ4v) is 8.64. The first-order valence-electron chi connectivity index (χ1n) is 18.8. The Morgan fingerprint density at radius 2 is 0.792 bits per heavy atom. The molecule has 0 radical (unpaired) electrons. The average Bonchev–Trinajstić information content (AvgIpc) is 3.79. The third-order valence-corrected chi connectivity index (χ3v) is 11.3. The fourth-order valence-electron chi connectivity index (χ4n) is 8.64. The summed E-state index contributed by atoms with van der Waals surface area (Å²) in [6.45, 7) is 13.8. The summed E-state index contributed by atoms with van der Waals surface area (Å²) in [6.07, 6.45) is 0. The molecule has 0 aliphatic heterocycles. The van der Waals surface area contributed by atoms with Crippen molar-refractivity contribution in [1.29, 1.82) is 0 Å². The highest BCUT2D eigenvalue weighted by molar-refractivity contribution is 6.17. The zero-order chi connectivity index (χ0) is 36.2. The maximum Gasteiger partial charge on any atom is 0.0562 e. The first-order chi connectivity index (χ1) is 25.6. The highest BCUT2D eigenvalue weighted by Gasteiger charge is 2.24. The van der Waals surface area contributed by atoms with Crippen LogP contribution in [0.2, 0.25) is 0 Å². The second-order valence-electron chi connectivity index (χ2n) is 16.7. The molecule has 0 amide bonds. The molecule has 0 aliphatic carbocycles. The Morgan fingerprint density at radius 1 is 0.321 bits per heavy atom. The third kappa shape index (κ3) is 4.73. The van der Waals surface area contributed by atoms with Crippen LogP contribution >= 0.6 is 0 Å². The van der Waals surface area contributed by atoms with Crippen molar-refractivity contribution < 1.29 is 0 Å². The second kappa shape index (κ2) is 11.2. The zero-order valence-electron chi connectivity index (χ0n) is 31.3. The molecule has 3 aromatic heterocycles. The number of nitrogens with zero attached hydrogens (tertiary/aromatic N) is 3. The Labute approximate surface area is 310 Å². The van der Waals surface area contributed by atoms with E-state index in [-0.39, 0.29) is 10.8 Å². The number of hydrogen-bond donors (Lipinski definition) is 0. The smallest absolute Gasteiger partial charge is 0.0562 e. The topological polar surface area (TPSA) is 14.8 Å². The molecule has 3 nitrogen and oxygen atoms in total. The molecule has 0 bridgehead atoms. The monoisotopic (exact) mass is 685 g/mol. The van der Waals surface area contributed by atoms with E-state index in [0.29, 0.717) is 0 Å². The molecule has 0 aliphatic rings. The summed E-state index contributed by atoms with van der Waals surface area (Å²) in [4.78, 5) is 0. The van der Waals surface area contributed by atoms with Crippen LogP contribution in [0.1, 0.15) is 52.7 Å². The van der Waals surface area contributed by atoms with Gasteiger partial charge in [0, 0.05) is 43.7 Å². The lowest BCUT2D eigenvalue weighted by molar-refractivity contribution is 0.590. The first-order valence-corrected chi connectivity index (χ1v) is 18.8. The van der Waals surface area contributed by atoms with E-state index in [1.165, 1.54) is 87.9 Å². The molecule has 10 rings (SSSR count). The van der Waals surface area contributed by atoms with E-state index in [9.17, 15) is 0 Å². The van der Waals surface area contributed by atoms with Gasteiger partial charge in [0.05, 0.1) is 38.8 Å². The molecule has 258 valence electrons. The number of aromatic nitrogens is 3. The summed E-state index contributed by atoms with van der Waals surface area (Å²) in [5, 5.41) is 7.62. The maximum absolute atomic E-state index is 2.51. The molecule has 0 spiro atoms. The van der Waals surface area contributed by atoms with Gasteiger partial charge in [-0.25, -0.2) is 0 Å². The van der Waals surface area contributed by atoms with Crippen molar-refractivity contribution in [3.8, 4) is 17.1 Å². The highest BCUT2D eigenvalue weighted by atomic mass is 15.0. The lowest BCUT2D eigenvalue weighted by Crippen LogP contribution is -2.10. The average molecular weight is 686 g/mol. The predicted molar refractivity (Wildman–Crippen MR) is 227 cm³/mol. The standard InChI is InChI=1S/C50H43N3/c1-49(2,3)32-23-26-44-38(29-32)39-30-33(50(4,5)6)24-27-45(39)53(44)47-22-14-21-46-48(47)37-18-11-13-20-42(37)52(46)35-25-28-43-40(31-35)36-17-10-12-19-41(36)51(43)34-15-8-7-9-16-34/h7-31H,1-6H3. The van der Waals surface area contributed by atoms with Crippen LogP contribution in [-0.4, -0.2) is 13.7 Å². The molecule has 3 heterocycles. The normalized spacial score (nSPS) is 12.7. The second-order valence-corrected chi connectivity index (χ2v) is 16.7. The van der Waals surface area contributed by atoms with Crippen molar-refractivity contribution >= 4 is 65.4 Å². The lowest BCUT2D eigenvalue weighted by Gasteiger charge is -2.19. The van der Waals surface area contributed by atoms with E-state index in [1.807, 2.05) is 0 Å². The van der Waals surface area contributed by atoms with Gasteiger partial charge in [0.25, 0.3) is 0 Å². The van der Waals surface area contributed by atoms with Crippen LogP contribution in [-0.2, 0) is 10.8 Å². The Kier molecular flexibility index (Phi) is 6.70. The van der Waals surface area contributed by atoms with Crippen molar-refractivity contribution in [3.05, 3.63) is 163 Å². The van der Waals surface area contributed by atoms with Gasteiger partial charge in [-0.3, -0.25) is 0 Å². The van der Waals surface area contributed by atoms with Crippen molar-refractivity contribution in [2.75, 3.05) is 0 Å². The van der Waals surface area contributed by atoms with Gasteiger partial charge in [-0.2, -0.15) is 0 Å². The van der Waals surface area contributed by atoms with Crippen molar-refractivity contribution in [3.63, 3.8) is 0 Å². The van der Waals surface area contributed by atoms with Gasteiger partial charge in [-0.05, 0) is 101 Å². The van der Waals surface area contributed by atoms with Crippen LogP contribution in [0.4, 0.5) is 0 Å². The first kappa shape index (κ1) is 31.7. The van der Waals surface area contributed by atoms with Crippen molar-refractivity contribution in [2.24, 2.45) is 0 Å². The van der Waals surface area contributed by atoms with E-state index in [2.05, 4.69) is 207 Å². The molecular formula is C50H43N3. The molecule has 0 saturated heterocycles. The number of para-hydroxylation sites is 3. The van der Waals surface area contributed by atoms with Gasteiger partial charge >= 0.3 is 0 Å². The molecule has 53 heavy (non-hydrogen) atoms. The predicted octanol–water partition coefficient (Wildman–Crippen LogP) is 13.6. The van der Waals surface area contributed by atoms with E-state index >= 15 is 0 Å². The summed E-state index contributed by atoms with van der Waals surface area (Å²) in [7, 11) is 0. The van der Waals surface area contributed by atoms with E-state index in [1.54, 1.807) is 0 Å². The SMILES string of the molecule is CC(C)(C)c1ccc2c(c1)c1cc(C(C)(C)C)ccc1n2-c1cccc2c1c1ccccc1n2-c1ccc2c(c1)c1ccccc1n2-c1ccccc1. The van der Waals surface area contributed by atoms with Crippen LogP contribution in [0.15, 0.2) is 152 Å². The minimum absolute atomic E-state index is 0.0478. The Bertz CT molecular complexity index is 2990. The van der Waals surface area contributed by atoms with Crippen LogP contribution in [0.25, 0.3) is 82.5 Å². The minimum atomic E-state index is 0.0478. The highest BCUT2D eigenvalue weighted by Crippen LogP contribution is 2.43. The van der Waals surface area contributed by atoms with Gasteiger partial charge in [-0.1, -0.05) is 114 Å². The maximum atomic E-state index is 2.51. The van der Waals surface area contributed by atoms with E-state index in [0.717, 1.165) is 5.69 Å². The van der Waals surface area contributed by atoms with Crippen molar-refractivity contribution in [1.82, 2.24) is 13.7 Å². The molecule has 7 aromatic carbocycles. The molecule has 3 heteroatoms. The summed E-state index contributed by atoms with van der Waals surface area (Å²) in [5.74, 6) is 0. The van der Waals surface area contributed by atoms with Gasteiger partial charge in [-0.15, -0.1) is 0 Å². The van der Waals surface area contributed by atoms with E-state index in [4.69, 9.17) is 0 Å². The summed E-state index contributed by atoms with van der Waals surface area (Å²) >= 11 is 0. The zero-order valence-corrected chi connectivity index (χ0v) is 31.3. The quantitative estimate of drug-likeness (QED) is 0.176. The molecular weight excluding hydrogens is 643 g/mol. The van der Waals surface area contributed by atoms with Crippen LogP contribution in [0.5, 0.6) is 0 Å². The Hall–Kier alpha value is -6.06. The molecule has 0 atom stereocenters. The van der Waals surface area contributed by atoms with E-state index < -0.39 is 0 Å². The summed E-state index contributed by atoms with van der Waals surface area (Å²) in [6, 6.07) is 56.4. The van der Waals surface area contributed by atoms with Crippen molar-refractivity contribution in [2.45, 2.75) is 52.4 Å². The minimum Gasteiger partial charge on any atom is -0.309 e. The van der Waals surface area contributed by atoms with Gasteiger partial charge < -0.3 is 13.7 Å². The molecule has 0 unspecified atom stereocenters. The molecule has 0 fully saturated rings. The summed E-state index contributed by atoms with van der Waals surface area (Å²) < 4.78 is 7.36. The summed E-state index contributed by atoms with van der Waals surface area (Å²) in [5.41, 5.74) is 13.6. The fraction of sp³-hybridized carbons (Fsp3) is 0.160. The number of fused-ring (bicyclic) bond motifs is 9. The van der Waals surface area contributed by atoms with Gasteiger partial charge in [0.15, 0.2) is 0 Å². The Balaban J connectivity index is 1.27. The van der Waals surface area contributed by atoms with Crippen LogP contribution < -0.4 is 0 Å². The molecule has 0 N–H and O–H groups in total. The number of rotatable bonds is 3. The van der Waals surface area contributed by atoms with Gasteiger partial charge in [0.2, 0.25) is 0 Å². The Morgan fingerprint density at radius 3 is 1.43 bits per heavy atom. The lowest BCUT2D eigenvalue weighted by atomic mass is 9.85.